The van der Waals surface area contributed by atoms with Crippen molar-refractivity contribution in [2.75, 3.05) is 20.7 Å². The fourth-order valence-electron chi connectivity index (χ4n) is 5.83. The van der Waals surface area contributed by atoms with Gasteiger partial charge in [-0.25, -0.2) is 0 Å². The van der Waals surface area contributed by atoms with Crippen LogP contribution in [0.4, 0.5) is 0 Å². The van der Waals surface area contributed by atoms with E-state index >= 15 is 0 Å². The molecule has 1 saturated carbocycles. The molecule has 4 heteroatoms. The van der Waals surface area contributed by atoms with E-state index in [2.05, 4.69) is 24.1 Å². The summed E-state index contributed by atoms with van der Waals surface area (Å²) in [5.41, 5.74) is -0.0597. The van der Waals surface area contributed by atoms with E-state index in [0.29, 0.717) is 23.8 Å². The van der Waals surface area contributed by atoms with Gasteiger partial charge in [-0.3, -0.25) is 4.79 Å². The van der Waals surface area contributed by atoms with Crippen molar-refractivity contribution < 1.29 is 14.3 Å². The average Bonchev–Trinajstić information content (AvgIpc) is 2.88. The van der Waals surface area contributed by atoms with E-state index in [-0.39, 0.29) is 17.3 Å². The van der Waals surface area contributed by atoms with Gasteiger partial charge in [0.1, 0.15) is 5.76 Å². The Hall–Kier alpha value is -1.55. The Morgan fingerprint density at radius 3 is 3.05 bits per heavy atom. The Morgan fingerprint density at radius 2 is 2.23 bits per heavy atom. The lowest BCUT2D eigenvalue weighted by atomic mass is 9.48. The number of rotatable bonds is 1. The molecule has 1 unspecified atom stereocenters. The SMILES string of the molecule is COC1=C2O[C@H]3C(=O)C=C[C@H]4[C@H]5CC(C=C1)[C@H]2[C@@]34CCN5C. The van der Waals surface area contributed by atoms with Crippen LogP contribution in [0.5, 0.6) is 0 Å². The molecular formula is C18H21NO3. The third-order valence-electron chi connectivity index (χ3n) is 6.72. The first kappa shape index (κ1) is 12.9. The van der Waals surface area contributed by atoms with Crippen molar-refractivity contribution in [1.29, 1.82) is 0 Å². The third kappa shape index (κ3) is 1.27. The van der Waals surface area contributed by atoms with Crippen LogP contribution in [0.2, 0.25) is 0 Å². The van der Waals surface area contributed by atoms with Crippen molar-refractivity contribution in [1.82, 2.24) is 4.90 Å². The lowest BCUT2D eigenvalue weighted by Crippen LogP contribution is -2.64. The molecule has 5 aliphatic rings. The van der Waals surface area contributed by atoms with Crippen LogP contribution in [-0.2, 0) is 14.3 Å². The zero-order chi connectivity index (χ0) is 15.1. The minimum Gasteiger partial charge on any atom is -0.493 e. The maximum absolute atomic E-state index is 12.6. The van der Waals surface area contributed by atoms with Crippen LogP contribution in [0.1, 0.15) is 12.8 Å². The number of ether oxygens (including phenoxy) is 2. The van der Waals surface area contributed by atoms with Crippen LogP contribution in [0, 0.1) is 23.2 Å². The van der Waals surface area contributed by atoms with Crippen LogP contribution in [0.25, 0.3) is 0 Å². The molecule has 2 bridgehead atoms. The predicted molar refractivity (Wildman–Crippen MR) is 80.8 cm³/mol. The molecule has 3 aliphatic carbocycles. The van der Waals surface area contributed by atoms with Gasteiger partial charge in [0.25, 0.3) is 0 Å². The summed E-state index contributed by atoms with van der Waals surface area (Å²) < 4.78 is 11.8. The van der Waals surface area contributed by atoms with Gasteiger partial charge in [0.15, 0.2) is 17.6 Å². The van der Waals surface area contributed by atoms with E-state index in [9.17, 15) is 4.79 Å². The number of carbonyl (C=O) groups excluding carboxylic acids is 1. The number of carbonyl (C=O) groups is 1. The molecule has 2 heterocycles. The lowest BCUT2D eigenvalue weighted by molar-refractivity contribution is -0.140. The first-order valence-electron chi connectivity index (χ1n) is 8.22. The number of piperidine rings is 1. The molecule has 4 nitrogen and oxygen atoms in total. The summed E-state index contributed by atoms with van der Waals surface area (Å²) in [5, 5.41) is 0. The number of allylic oxidation sites excluding steroid dienone is 3. The highest BCUT2D eigenvalue weighted by molar-refractivity contribution is 5.96. The Bertz CT molecular complexity index is 649. The molecule has 116 valence electrons. The predicted octanol–water partition coefficient (Wildman–Crippen LogP) is 1.89. The van der Waals surface area contributed by atoms with Gasteiger partial charge in [-0.2, -0.15) is 0 Å². The summed E-state index contributed by atoms with van der Waals surface area (Å²) in [6, 6.07) is 0.513. The topological polar surface area (TPSA) is 38.8 Å². The molecule has 1 spiro atoms. The minimum absolute atomic E-state index is 0.0597. The first-order valence-corrected chi connectivity index (χ1v) is 8.22. The molecule has 0 radical (unpaired) electrons. The van der Waals surface area contributed by atoms with Gasteiger partial charge in [-0.05, 0) is 44.5 Å². The second-order valence-corrected chi connectivity index (χ2v) is 7.36. The van der Waals surface area contributed by atoms with Crippen molar-refractivity contribution in [2.45, 2.75) is 25.0 Å². The normalized spacial score (nSPS) is 48.3. The highest BCUT2D eigenvalue weighted by Crippen LogP contribution is 2.66. The Balaban J connectivity index is 1.75. The van der Waals surface area contributed by atoms with Crippen molar-refractivity contribution in [2.24, 2.45) is 23.2 Å². The van der Waals surface area contributed by atoms with Gasteiger partial charge >= 0.3 is 0 Å². The number of hydrogen-bond donors (Lipinski definition) is 0. The summed E-state index contributed by atoms with van der Waals surface area (Å²) in [6.07, 6.45) is 10.1. The molecule has 0 aromatic heterocycles. The zero-order valence-electron chi connectivity index (χ0n) is 13.0. The molecule has 2 aliphatic heterocycles. The standard InChI is InChI=1S/C18H21NO3/c1-19-8-7-18-11-4-5-13(20)17(18)22-16-14(21-2)6-3-10(15(16)18)9-12(11)19/h3-6,10-12,15,17H,7-9H2,1-2H3/t10?,11-,12+,15+,17-,18-/m0/s1. The van der Waals surface area contributed by atoms with E-state index in [1.165, 1.54) is 0 Å². The molecule has 0 amide bonds. The number of methoxy groups -OCH3 is 1. The fourth-order valence-corrected chi connectivity index (χ4v) is 5.83. The van der Waals surface area contributed by atoms with Gasteiger partial charge in [0, 0.05) is 23.3 Å². The van der Waals surface area contributed by atoms with Gasteiger partial charge < -0.3 is 14.4 Å². The van der Waals surface area contributed by atoms with Crippen molar-refractivity contribution in [3.8, 4) is 0 Å². The molecule has 2 saturated heterocycles. The number of hydrogen-bond acceptors (Lipinski definition) is 4. The third-order valence-corrected chi connectivity index (χ3v) is 6.72. The van der Waals surface area contributed by atoms with E-state index in [4.69, 9.17) is 9.47 Å². The first-order chi connectivity index (χ1) is 10.7. The summed E-state index contributed by atoms with van der Waals surface area (Å²) >= 11 is 0. The largest absolute Gasteiger partial charge is 0.493 e. The molecule has 0 aromatic rings. The Kier molecular flexibility index (Phi) is 2.38. The molecule has 22 heavy (non-hydrogen) atoms. The minimum atomic E-state index is -0.313. The molecule has 3 fully saturated rings. The van der Waals surface area contributed by atoms with Gasteiger partial charge in [-0.1, -0.05) is 12.2 Å². The van der Waals surface area contributed by atoms with E-state index in [1.807, 2.05) is 6.08 Å². The maximum atomic E-state index is 12.6. The molecule has 0 aromatic carbocycles. The Labute approximate surface area is 130 Å². The second-order valence-electron chi connectivity index (χ2n) is 7.36. The summed E-state index contributed by atoms with van der Waals surface area (Å²) in [7, 11) is 3.91. The smallest absolute Gasteiger partial charge is 0.196 e. The van der Waals surface area contributed by atoms with Crippen LogP contribution < -0.4 is 0 Å². The zero-order valence-corrected chi connectivity index (χ0v) is 13.0. The van der Waals surface area contributed by atoms with Crippen molar-refractivity contribution in [3.63, 3.8) is 0 Å². The fraction of sp³-hybridized carbons (Fsp3) is 0.611. The average molecular weight is 299 g/mol. The number of ketones is 1. The van der Waals surface area contributed by atoms with E-state index in [1.54, 1.807) is 13.2 Å². The number of likely N-dealkylation sites (tertiary alicyclic amines) is 1. The second kappa shape index (κ2) is 4.05. The van der Waals surface area contributed by atoms with Crippen LogP contribution in [-0.4, -0.2) is 43.5 Å². The van der Waals surface area contributed by atoms with Gasteiger partial charge in [0.05, 0.1) is 7.11 Å². The molecule has 6 atom stereocenters. The van der Waals surface area contributed by atoms with Crippen LogP contribution >= 0.6 is 0 Å². The maximum Gasteiger partial charge on any atom is 0.196 e. The van der Waals surface area contributed by atoms with Crippen LogP contribution in [0.15, 0.2) is 35.8 Å². The van der Waals surface area contributed by atoms with Crippen LogP contribution in [0.3, 0.4) is 0 Å². The quantitative estimate of drug-likeness (QED) is 0.741. The Morgan fingerprint density at radius 1 is 1.36 bits per heavy atom. The van der Waals surface area contributed by atoms with Crippen molar-refractivity contribution in [3.05, 3.63) is 35.8 Å². The lowest BCUT2D eigenvalue weighted by Gasteiger charge is -2.59. The highest BCUT2D eigenvalue weighted by atomic mass is 16.5. The monoisotopic (exact) mass is 299 g/mol. The van der Waals surface area contributed by atoms with E-state index < -0.39 is 0 Å². The molecule has 0 N–H and O–H groups in total. The van der Waals surface area contributed by atoms with Gasteiger partial charge in [0.2, 0.25) is 0 Å². The summed E-state index contributed by atoms with van der Waals surface area (Å²) in [6.45, 7) is 1.05. The molecule has 5 rings (SSSR count). The summed E-state index contributed by atoms with van der Waals surface area (Å²) in [4.78, 5) is 15.0. The number of nitrogens with zero attached hydrogens (tertiary/aromatic N) is 1. The van der Waals surface area contributed by atoms with Crippen molar-refractivity contribution >= 4 is 5.78 Å². The summed E-state index contributed by atoms with van der Waals surface area (Å²) in [5.74, 6) is 3.07. The highest BCUT2D eigenvalue weighted by Gasteiger charge is 2.69. The molecular weight excluding hydrogens is 278 g/mol. The van der Waals surface area contributed by atoms with E-state index in [0.717, 1.165) is 30.9 Å². The van der Waals surface area contributed by atoms with Gasteiger partial charge in [-0.15, -0.1) is 0 Å².